The molecule has 0 bridgehead atoms. The summed E-state index contributed by atoms with van der Waals surface area (Å²) >= 11 is 3.16. The zero-order valence-corrected chi connectivity index (χ0v) is 33.7. The van der Waals surface area contributed by atoms with E-state index < -0.39 is 5.97 Å². The number of para-hydroxylation sites is 2. The standard InChI is InChI=1S/C48H48N2O4S2/c1-3-5-7-15-29-53-43-33-42(44(54-30-16-8-6-4-2)32-41(43)46-26-25-40(55-46)31-36(34-49)48(51)52)47-28-27-45(56-47)35-21-23-39(24-22-35)50(37-17-11-9-12-18-37)38-19-13-10-14-20-38/h9-14,17-28,31-33H,3-8,15-16,29-30H2,1-2H3,(H,51,52)/b36-31+. The minimum atomic E-state index is -1.24. The topological polar surface area (TPSA) is 82.8 Å². The molecule has 286 valence electrons. The van der Waals surface area contributed by atoms with E-state index in [1.54, 1.807) is 17.4 Å². The number of ether oxygens (including phenoxy) is 2. The molecular formula is C48H48N2O4S2. The molecule has 0 spiro atoms. The van der Waals surface area contributed by atoms with Gasteiger partial charge in [0.05, 0.1) is 13.2 Å². The molecule has 0 aliphatic carbocycles. The van der Waals surface area contributed by atoms with Crippen molar-refractivity contribution in [3.05, 3.63) is 132 Å². The number of anilines is 3. The number of carboxylic acid groups (broad SMARTS) is 1. The van der Waals surface area contributed by atoms with Crippen LogP contribution in [0.3, 0.4) is 0 Å². The molecule has 0 aliphatic rings. The van der Waals surface area contributed by atoms with Crippen molar-refractivity contribution in [1.82, 2.24) is 0 Å². The van der Waals surface area contributed by atoms with Gasteiger partial charge in [-0.3, -0.25) is 0 Å². The highest BCUT2D eigenvalue weighted by Crippen LogP contribution is 2.46. The third-order valence-corrected chi connectivity index (χ3v) is 11.7. The minimum Gasteiger partial charge on any atom is -0.493 e. The van der Waals surface area contributed by atoms with Crippen LogP contribution in [0.4, 0.5) is 17.1 Å². The predicted octanol–water partition coefficient (Wildman–Crippen LogP) is 14.2. The number of hydrogen-bond donors (Lipinski definition) is 1. The summed E-state index contributed by atoms with van der Waals surface area (Å²) in [4.78, 5) is 17.7. The van der Waals surface area contributed by atoms with Crippen LogP contribution >= 0.6 is 22.7 Å². The van der Waals surface area contributed by atoms with Gasteiger partial charge in [0.25, 0.3) is 0 Å². The zero-order valence-electron chi connectivity index (χ0n) is 32.1. The van der Waals surface area contributed by atoms with Gasteiger partial charge < -0.3 is 19.5 Å². The average molecular weight is 781 g/mol. The van der Waals surface area contributed by atoms with Gasteiger partial charge in [0.1, 0.15) is 23.1 Å². The van der Waals surface area contributed by atoms with E-state index in [1.165, 1.54) is 23.8 Å². The van der Waals surface area contributed by atoms with Crippen molar-refractivity contribution in [1.29, 1.82) is 5.26 Å². The molecule has 0 radical (unpaired) electrons. The number of carbonyl (C=O) groups is 1. The van der Waals surface area contributed by atoms with Crippen molar-refractivity contribution in [3.8, 4) is 48.9 Å². The summed E-state index contributed by atoms with van der Waals surface area (Å²) in [6, 6.07) is 43.7. The maximum Gasteiger partial charge on any atom is 0.346 e. The highest BCUT2D eigenvalue weighted by molar-refractivity contribution is 7.19. The first-order chi connectivity index (χ1) is 27.5. The average Bonchev–Trinajstić information content (AvgIpc) is 3.92. The van der Waals surface area contributed by atoms with Gasteiger partial charge in [0, 0.05) is 47.7 Å². The Labute approximate surface area is 338 Å². The second kappa shape index (κ2) is 20.3. The van der Waals surface area contributed by atoms with Gasteiger partial charge in [-0.2, -0.15) is 5.26 Å². The highest BCUT2D eigenvalue weighted by atomic mass is 32.1. The highest BCUT2D eigenvalue weighted by Gasteiger charge is 2.20. The molecule has 0 atom stereocenters. The summed E-state index contributed by atoms with van der Waals surface area (Å²) in [5, 5.41) is 18.8. The molecule has 4 aromatic carbocycles. The molecule has 56 heavy (non-hydrogen) atoms. The van der Waals surface area contributed by atoms with E-state index in [0.717, 1.165) is 105 Å². The lowest BCUT2D eigenvalue weighted by Gasteiger charge is -2.25. The van der Waals surface area contributed by atoms with E-state index in [0.29, 0.717) is 18.1 Å². The number of thiophene rings is 2. The Balaban J connectivity index is 1.35. The largest absolute Gasteiger partial charge is 0.493 e. The summed E-state index contributed by atoms with van der Waals surface area (Å²) < 4.78 is 13.1. The second-order valence-electron chi connectivity index (χ2n) is 13.6. The molecule has 6 rings (SSSR count). The van der Waals surface area contributed by atoms with Crippen LogP contribution in [-0.4, -0.2) is 24.3 Å². The smallest absolute Gasteiger partial charge is 0.346 e. The van der Waals surface area contributed by atoms with Crippen LogP contribution in [0.5, 0.6) is 11.5 Å². The molecule has 0 unspecified atom stereocenters. The van der Waals surface area contributed by atoms with Crippen molar-refractivity contribution in [2.24, 2.45) is 0 Å². The quantitative estimate of drug-likeness (QED) is 0.0472. The number of hydrogen-bond acceptors (Lipinski definition) is 7. The fraction of sp³-hybridized carbons (Fsp3) is 0.250. The normalized spacial score (nSPS) is 11.3. The Hall–Kier alpha value is -5.62. The van der Waals surface area contributed by atoms with E-state index in [2.05, 4.69) is 116 Å². The van der Waals surface area contributed by atoms with Crippen molar-refractivity contribution in [2.75, 3.05) is 18.1 Å². The van der Waals surface area contributed by atoms with Crippen molar-refractivity contribution >= 4 is 51.8 Å². The summed E-state index contributed by atoms with van der Waals surface area (Å²) in [7, 11) is 0. The van der Waals surface area contributed by atoms with E-state index in [9.17, 15) is 15.2 Å². The molecule has 0 saturated carbocycles. The van der Waals surface area contributed by atoms with Gasteiger partial charge in [0.2, 0.25) is 0 Å². The molecule has 6 nitrogen and oxygen atoms in total. The number of nitriles is 1. The maximum atomic E-state index is 11.6. The van der Waals surface area contributed by atoms with Gasteiger partial charge >= 0.3 is 5.97 Å². The van der Waals surface area contributed by atoms with Crippen LogP contribution in [-0.2, 0) is 4.79 Å². The first kappa shape index (κ1) is 40.1. The van der Waals surface area contributed by atoms with Crippen molar-refractivity contribution in [3.63, 3.8) is 0 Å². The number of aliphatic carboxylic acids is 1. The van der Waals surface area contributed by atoms with Gasteiger partial charge in [-0.05, 0) is 97.3 Å². The fourth-order valence-electron chi connectivity index (χ4n) is 6.48. The van der Waals surface area contributed by atoms with Gasteiger partial charge in [0.15, 0.2) is 0 Å². The minimum absolute atomic E-state index is 0.301. The SMILES string of the molecule is CCCCCCOc1cc(-c2ccc(-c3ccc(N(c4ccccc4)c4ccccc4)cc3)s2)c(OCCCCCC)cc1-c1ccc(/C=C(\C#N)C(=O)O)s1. The van der Waals surface area contributed by atoms with Crippen LogP contribution in [0, 0.1) is 11.3 Å². The number of unbranched alkanes of at least 4 members (excludes halogenated alkanes) is 6. The Morgan fingerprint density at radius 3 is 1.66 bits per heavy atom. The van der Waals surface area contributed by atoms with E-state index in [-0.39, 0.29) is 5.57 Å². The van der Waals surface area contributed by atoms with Crippen LogP contribution < -0.4 is 14.4 Å². The Kier molecular flexibility index (Phi) is 14.5. The third kappa shape index (κ3) is 10.4. The van der Waals surface area contributed by atoms with Crippen LogP contribution in [0.25, 0.3) is 37.4 Å². The fourth-order valence-corrected chi connectivity index (χ4v) is 8.48. The van der Waals surface area contributed by atoms with Crippen LogP contribution in [0.1, 0.15) is 70.1 Å². The molecule has 2 heterocycles. The predicted molar refractivity (Wildman–Crippen MR) is 234 cm³/mol. The van der Waals surface area contributed by atoms with Crippen LogP contribution in [0.15, 0.2) is 127 Å². The Morgan fingerprint density at radius 1 is 0.643 bits per heavy atom. The number of benzene rings is 4. The molecule has 2 aromatic heterocycles. The van der Waals surface area contributed by atoms with Gasteiger partial charge in [-0.25, -0.2) is 4.79 Å². The summed E-state index contributed by atoms with van der Waals surface area (Å²) in [5.41, 5.74) is 5.98. The van der Waals surface area contributed by atoms with Crippen LogP contribution in [0.2, 0.25) is 0 Å². The van der Waals surface area contributed by atoms with E-state index in [1.807, 2.05) is 24.3 Å². The first-order valence-corrected chi connectivity index (χ1v) is 21.1. The monoisotopic (exact) mass is 780 g/mol. The molecule has 8 heteroatoms. The summed E-state index contributed by atoms with van der Waals surface area (Å²) in [6.07, 6.45) is 10.2. The second-order valence-corrected chi connectivity index (χ2v) is 15.8. The van der Waals surface area contributed by atoms with Gasteiger partial charge in [-0.15, -0.1) is 22.7 Å². The molecule has 1 N–H and O–H groups in total. The number of rotatable bonds is 20. The molecule has 0 aliphatic heterocycles. The third-order valence-electron chi connectivity index (χ3n) is 9.43. The summed E-state index contributed by atoms with van der Waals surface area (Å²) in [6.45, 7) is 5.60. The lowest BCUT2D eigenvalue weighted by atomic mass is 10.1. The Bertz CT molecular complexity index is 2200. The molecule has 0 fully saturated rings. The number of carboxylic acids is 1. The Morgan fingerprint density at radius 2 is 1.14 bits per heavy atom. The van der Waals surface area contributed by atoms with Gasteiger partial charge in [-0.1, -0.05) is 101 Å². The number of nitrogens with zero attached hydrogens (tertiary/aromatic N) is 2. The van der Waals surface area contributed by atoms with E-state index in [4.69, 9.17) is 9.47 Å². The molecular weight excluding hydrogens is 733 g/mol. The molecule has 6 aromatic rings. The van der Waals surface area contributed by atoms with E-state index >= 15 is 0 Å². The first-order valence-electron chi connectivity index (χ1n) is 19.5. The molecule has 0 amide bonds. The molecule has 0 saturated heterocycles. The zero-order chi connectivity index (χ0) is 39.1. The summed E-state index contributed by atoms with van der Waals surface area (Å²) in [5.74, 6) is 0.301. The van der Waals surface area contributed by atoms with Crippen molar-refractivity contribution < 1.29 is 19.4 Å². The maximum absolute atomic E-state index is 11.6. The lowest BCUT2D eigenvalue weighted by Crippen LogP contribution is -2.09. The van der Waals surface area contributed by atoms with Crippen molar-refractivity contribution in [2.45, 2.75) is 65.2 Å². The lowest BCUT2D eigenvalue weighted by molar-refractivity contribution is -0.132.